The van der Waals surface area contributed by atoms with E-state index in [9.17, 15) is 8.42 Å². The Morgan fingerprint density at radius 3 is 1.97 bits per heavy atom. The highest BCUT2D eigenvalue weighted by molar-refractivity contribution is 7.93. The number of nitrogens with one attached hydrogen (secondary N) is 1. The van der Waals surface area contributed by atoms with Crippen LogP contribution >= 0.6 is 0 Å². The Morgan fingerprint density at radius 1 is 0.700 bits per heavy atom. The fraction of sp³-hybridized carbons (Fsp3) is 0.0435. The molecule has 0 aromatic heterocycles. The maximum Gasteiger partial charge on any atom is 0.262 e. The molecule has 0 spiro atoms. The summed E-state index contributed by atoms with van der Waals surface area (Å²) in [6.45, 7) is 0. The minimum absolute atomic E-state index is 0.187. The maximum absolute atomic E-state index is 13.0. The summed E-state index contributed by atoms with van der Waals surface area (Å²) in [5.74, 6) is 0.623. The van der Waals surface area contributed by atoms with Gasteiger partial charge in [0.1, 0.15) is 5.75 Å². The Morgan fingerprint density at radius 2 is 1.30 bits per heavy atom. The molecule has 150 valence electrons. The number of ether oxygens (including phenoxy) is 1. The van der Waals surface area contributed by atoms with E-state index in [0.717, 1.165) is 11.1 Å². The first kappa shape index (κ1) is 19.6. The van der Waals surface area contributed by atoms with Crippen molar-refractivity contribution in [2.75, 3.05) is 11.8 Å². The number of nitrogens with zero attached hydrogens (tertiary/aromatic N) is 2. The van der Waals surface area contributed by atoms with E-state index in [1.54, 1.807) is 55.6 Å². The van der Waals surface area contributed by atoms with E-state index in [4.69, 9.17) is 4.74 Å². The minimum Gasteiger partial charge on any atom is -0.496 e. The van der Waals surface area contributed by atoms with Crippen molar-refractivity contribution in [1.29, 1.82) is 0 Å². The van der Waals surface area contributed by atoms with E-state index in [-0.39, 0.29) is 4.90 Å². The summed E-state index contributed by atoms with van der Waals surface area (Å²) in [5, 5.41) is 9.65. The van der Waals surface area contributed by atoms with Crippen LogP contribution in [0.25, 0.3) is 10.8 Å². The number of anilines is 1. The van der Waals surface area contributed by atoms with Crippen LogP contribution in [0.3, 0.4) is 0 Å². The van der Waals surface area contributed by atoms with Crippen molar-refractivity contribution in [2.24, 2.45) is 10.2 Å². The van der Waals surface area contributed by atoms with Gasteiger partial charge in [-0.05, 0) is 48.5 Å². The molecule has 1 N–H and O–H groups in total. The number of fused-ring (bicyclic) bond motifs is 1. The standard InChI is InChI=1S/C23H19N3O3S/c1-29-22-15-16-23(21-10-6-5-9-20(21)22)30(27,28)26-19-13-11-18(12-14-19)25-24-17-7-3-2-4-8-17/h2-16,26H,1H3. The van der Waals surface area contributed by atoms with Crippen molar-refractivity contribution in [2.45, 2.75) is 4.90 Å². The topological polar surface area (TPSA) is 80.1 Å². The summed E-state index contributed by atoms with van der Waals surface area (Å²) in [4.78, 5) is 0.187. The molecule has 4 aromatic rings. The van der Waals surface area contributed by atoms with Gasteiger partial charge in [0.2, 0.25) is 0 Å². The highest BCUT2D eigenvalue weighted by Gasteiger charge is 2.19. The number of rotatable bonds is 6. The largest absolute Gasteiger partial charge is 0.496 e. The van der Waals surface area contributed by atoms with Crippen molar-refractivity contribution in [3.05, 3.63) is 91.0 Å². The molecule has 4 aromatic carbocycles. The van der Waals surface area contributed by atoms with Crippen LogP contribution in [0.4, 0.5) is 17.1 Å². The lowest BCUT2D eigenvalue weighted by Crippen LogP contribution is -2.13. The molecule has 0 atom stereocenters. The van der Waals surface area contributed by atoms with Gasteiger partial charge in [-0.2, -0.15) is 10.2 Å². The molecule has 0 saturated heterocycles. The summed E-state index contributed by atoms with van der Waals surface area (Å²) in [6, 6.07) is 26.5. The molecule has 0 aliphatic rings. The van der Waals surface area contributed by atoms with Gasteiger partial charge in [-0.3, -0.25) is 4.72 Å². The first-order valence-corrected chi connectivity index (χ1v) is 10.7. The van der Waals surface area contributed by atoms with Gasteiger partial charge in [0.15, 0.2) is 0 Å². The third-order valence-corrected chi connectivity index (χ3v) is 5.95. The first-order chi connectivity index (χ1) is 14.6. The predicted molar refractivity (Wildman–Crippen MR) is 118 cm³/mol. The number of methoxy groups -OCH3 is 1. The van der Waals surface area contributed by atoms with Crippen LogP contribution in [0.1, 0.15) is 0 Å². The smallest absolute Gasteiger partial charge is 0.262 e. The Balaban J connectivity index is 1.58. The Hall–Kier alpha value is -3.71. The van der Waals surface area contributed by atoms with Crippen molar-refractivity contribution in [3.63, 3.8) is 0 Å². The monoisotopic (exact) mass is 417 g/mol. The second-order valence-electron chi connectivity index (χ2n) is 6.50. The van der Waals surface area contributed by atoms with Gasteiger partial charge in [-0.15, -0.1) is 0 Å². The van der Waals surface area contributed by atoms with E-state index < -0.39 is 10.0 Å². The Labute approximate surface area is 174 Å². The summed E-state index contributed by atoms with van der Waals surface area (Å²) >= 11 is 0. The molecular formula is C23H19N3O3S. The van der Waals surface area contributed by atoms with Crippen molar-refractivity contribution >= 4 is 37.9 Å². The molecule has 0 saturated carbocycles. The molecule has 0 heterocycles. The van der Waals surface area contributed by atoms with Crippen molar-refractivity contribution in [3.8, 4) is 5.75 Å². The lowest BCUT2D eigenvalue weighted by Gasteiger charge is -2.12. The number of hydrogen-bond acceptors (Lipinski definition) is 5. The van der Waals surface area contributed by atoms with Gasteiger partial charge in [-0.25, -0.2) is 8.42 Å². The van der Waals surface area contributed by atoms with Gasteiger partial charge in [-0.1, -0.05) is 42.5 Å². The number of benzene rings is 4. The van der Waals surface area contributed by atoms with Gasteiger partial charge < -0.3 is 4.74 Å². The van der Waals surface area contributed by atoms with Crippen molar-refractivity contribution < 1.29 is 13.2 Å². The number of sulfonamides is 1. The predicted octanol–water partition coefficient (Wildman–Crippen LogP) is 6.06. The molecule has 0 radical (unpaired) electrons. The first-order valence-electron chi connectivity index (χ1n) is 9.22. The van der Waals surface area contributed by atoms with Gasteiger partial charge >= 0.3 is 0 Å². The average molecular weight is 417 g/mol. The van der Waals surface area contributed by atoms with E-state index in [2.05, 4.69) is 15.0 Å². The van der Waals surface area contributed by atoms with Crippen molar-refractivity contribution in [1.82, 2.24) is 0 Å². The molecule has 7 heteroatoms. The van der Waals surface area contributed by atoms with E-state index in [1.807, 2.05) is 42.5 Å². The fourth-order valence-electron chi connectivity index (χ4n) is 3.07. The van der Waals surface area contributed by atoms with E-state index in [1.165, 1.54) is 0 Å². The Kier molecular flexibility index (Phi) is 5.45. The van der Waals surface area contributed by atoms with Crippen LogP contribution in [-0.4, -0.2) is 15.5 Å². The van der Waals surface area contributed by atoms with Crippen LogP contribution in [0.2, 0.25) is 0 Å². The molecular weight excluding hydrogens is 398 g/mol. The molecule has 0 aliphatic carbocycles. The second kappa shape index (κ2) is 8.34. The molecule has 6 nitrogen and oxygen atoms in total. The molecule has 30 heavy (non-hydrogen) atoms. The number of hydrogen-bond donors (Lipinski definition) is 1. The van der Waals surface area contributed by atoms with Crippen LogP contribution in [-0.2, 0) is 10.0 Å². The third-order valence-electron chi connectivity index (χ3n) is 4.51. The van der Waals surface area contributed by atoms with Crippen LogP contribution in [0.15, 0.2) is 106 Å². The highest BCUT2D eigenvalue weighted by atomic mass is 32.2. The Bertz CT molecular complexity index is 1300. The van der Waals surface area contributed by atoms with E-state index in [0.29, 0.717) is 22.5 Å². The molecule has 0 unspecified atom stereocenters. The third kappa shape index (κ3) is 4.16. The van der Waals surface area contributed by atoms with Gasteiger partial charge in [0.05, 0.1) is 23.4 Å². The normalized spacial score (nSPS) is 11.6. The fourth-order valence-corrected chi connectivity index (χ4v) is 4.34. The van der Waals surface area contributed by atoms with Crippen LogP contribution < -0.4 is 9.46 Å². The summed E-state index contributed by atoms with van der Waals surface area (Å²) in [5.41, 5.74) is 1.80. The summed E-state index contributed by atoms with van der Waals surface area (Å²) < 4.78 is 34.0. The quantitative estimate of drug-likeness (QED) is 0.387. The highest BCUT2D eigenvalue weighted by Crippen LogP contribution is 2.32. The zero-order chi connectivity index (χ0) is 21.0. The zero-order valence-electron chi connectivity index (χ0n) is 16.2. The molecule has 0 amide bonds. The van der Waals surface area contributed by atoms with Crippen LogP contribution in [0, 0.1) is 0 Å². The second-order valence-corrected chi connectivity index (χ2v) is 8.15. The molecule has 4 rings (SSSR count). The van der Waals surface area contributed by atoms with Gasteiger partial charge in [0.25, 0.3) is 10.0 Å². The molecule has 0 fully saturated rings. The SMILES string of the molecule is COc1ccc(S(=O)(=O)Nc2ccc(N=Nc3ccccc3)cc2)c2ccccc12. The van der Waals surface area contributed by atoms with Gasteiger partial charge in [0, 0.05) is 16.5 Å². The summed E-state index contributed by atoms with van der Waals surface area (Å²) in [6.07, 6.45) is 0. The maximum atomic E-state index is 13.0. The molecule has 0 bridgehead atoms. The lowest BCUT2D eigenvalue weighted by molar-refractivity contribution is 0.419. The lowest BCUT2D eigenvalue weighted by atomic mass is 10.1. The van der Waals surface area contributed by atoms with E-state index >= 15 is 0 Å². The average Bonchev–Trinajstić information content (AvgIpc) is 2.78. The molecule has 0 aliphatic heterocycles. The van der Waals surface area contributed by atoms with Crippen LogP contribution in [0.5, 0.6) is 5.75 Å². The summed E-state index contributed by atoms with van der Waals surface area (Å²) in [7, 11) is -2.23. The minimum atomic E-state index is -3.79. The zero-order valence-corrected chi connectivity index (χ0v) is 17.0. The number of azo groups is 1.